The number of hydrogen-bond acceptors (Lipinski definition) is 5. The first kappa shape index (κ1) is 19.1. The number of sulfonamides is 1. The second kappa shape index (κ2) is 7.92. The monoisotopic (exact) mass is 380 g/mol. The maximum atomic E-state index is 12.7. The van der Waals surface area contributed by atoms with E-state index < -0.39 is 10.0 Å². The SMILES string of the molecule is CN(C)C(=O)C1CCN(c2ccc(S(=O)(=O)N3CCCCC3)cn2)CC1. The zero-order valence-electron chi connectivity index (χ0n) is 15.6. The predicted molar refractivity (Wildman–Crippen MR) is 100 cm³/mol. The van der Waals surface area contributed by atoms with Gasteiger partial charge in [0.1, 0.15) is 10.7 Å². The van der Waals surface area contributed by atoms with E-state index >= 15 is 0 Å². The van der Waals surface area contributed by atoms with Gasteiger partial charge in [-0.3, -0.25) is 4.79 Å². The minimum Gasteiger partial charge on any atom is -0.357 e. The van der Waals surface area contributed by atoms with Crippen molar-refractivity contribution in [2.45, 2.75) is 37.0 Å². The van der Waals surface area contributed by atoms with Crippen LogP contribution in [0.2, 0.25) is 0 Å². The van der Waals surface area contributed by atoms with Crippen LogP contribution in [-0.4, -0.2) is 68.8 Å². The van der Waals surface area contributed by atoms with Crippen LogP contribution in [0.4, 0.5) is 5.82 Å². The van der Waals surface area contributed by atoms with Crippen LogP contribution in [0.3, 0.4) is 0 Å². The Morgan fingerprint density at radius 2 is 1.73 bits per heavy atom. The molecule has 3 rings (SSSR count). The molecule has 1 aromatic heterocycles. The van der Waals surface area contributed by atoms with Crippen molar-refractivity contribution in [3.05, 3.63) is 18.3 Å². The standard InChI is InChI=1S/C18H28N4O3S/c1-20(2)18(23)15-8-12-21(13-9-15)17-7-6-16(14-19-17)26(24,25)22-10-4-3-5-11-22/h6-7,14-15H,3-5,8-13H2,1-2H3. The molecule has 2 fully saturated rings. The Labute approximate surface area is 156 Å². The number of pyridine rings is 1. The third kappa shape index (κ3) is 4.01. The summed E-state index contributed by atoms with van der Waals surface area (Å²) in [4.78, 5) is 20.5. The Bertz CT molecular complexity index is 719. The molecule has 0 radical (unpaired) electrons. The molecule has 0 aliphatic carbocycles. The van der Waals surface area contributed by atoms with E-state index in [9.17, 15) is 13.2 Å². The fraction of sp³-hybridized carbons (Fsp3) is 0.667. The lowest BCUT2D eigenvalue weighted by atomic mass is 9.95. The molecule has 0 aromatic carbocycles. The number of hydrogen-bond donors (Lipinski definition) is 0. The number of nitrogens with zero attached hydrogens (tertiary/aromatic N) is 4. The number of amides is 1. The zero-order chi connectivity index (χ0) is 18.7. The topological polar surface area (TPSA) is 73.8 Å². The summed E-state index contributed by atoms with van der Waals surface area (Å²) in [5.74, 6) is 1.03. The summed E-state index contributed by atoms with van der Waals surface area (Å²) in [6, 6.07) is 3.44. The van der Waals surface area contributed by atoms with Crippen LogP contribution in [-0.2, 0) is 14.8 Å². The maximum Gasteiger partial charge on any atom is 0.244 e. The summed E-state index contributed by atoms with van der Waals surface area (Å²) in [5.41, 5.74) is 0. The molecular formula is C18H28N4O3S. The lowest BCUT2D eigenvalue weighted by Crippen LogP contribution is -2.40. The molecule has 8 heteroatoms. The normalized spacial score (nSPS) is 20.2. The van der Waals surface area contributed by atoms with Gasteiger partial charge in [0.25, 0.3) is 0 Å². The van der Waals surface area contributed by atoms with Gasteiger partial charge in [-0.05, 0) is 37.8 Å². The second-order valence-corrected chi connectivity index (χ2v) is 9.25. The summed E-state index contributed by atoms with van der Waals surface area (Å²) in [6.45, 7) is 2.71. The minimum atomic E-state index is -3.44. The highest BCUT2D eigenvalue weighted by molar-refractivity contribution is 7.89. The Balaban J connectivity index is 1.64. The van der Waals surface area contributed by atoms with E-state index in [1.54, 1.807) is 35.4 Å². The van der Waals surface area contributed by atoms with Gasteiger partial charge >= 0.3 is 0 Å². The minimum absolute atomic E-state index is 0.0694. The molecule has 2 aliphatic heterocycles. The average molecular weight is 381 g/mol. The summed E-state index contributed by atoms with van der Waals surface area (Å²) < 4.78 is 26.9. The molecular weight excluding hydrogens is 352 g/mol. The molecule has 144 valence electrons. The smallest absolute Gasteiger partial charge is 0.244 e. The van der Waals surface area contributed by atoms with Crippen LogP contribution in [0, 0.1) is 5.92 Å². The van der Waals surface area contributed by atoms with E-state index in [4.69, 9.17) is 0 Å². The molecule has 0 saturated carbocycles. The first-order valence-electron chi connectivity index (χ1n) is 9.32. The summed E-state index contributed by atoms with van der Waals surface area (Å²) in [5, 5.41) is 0. The van der Waals surface area contributed by atoms with Crippen molar-refractivity contribution < 1.29 is 13.2 Å². The second-order valence-electron chi connectivity index (χ2n) is 7.31. The molecule has 26 heavy (non-hydrogen) atoms. The number of aromatic nitrogens is 1. The zero-order valence-corrected chi connectivity index (χ0v) is 16.4. The average Bonchev–Trinajstić information content (AvgIpc) is 2.68. The van der Waals surface area contributed by atoms with E-state index in [-0.39, 0.29) is 16.7 Å². The van der Waals surface area contributed by atoms with Crippen LogP contribution in [0.25, 0.3) is 0 Å². The van der Waals surface area contributed by atoms with Crippen molar-refractivity contribution in [3.63, 3.8) is 0 Å². The van der Waals surface area contributed by atoms with Gasteiger partial charge in [0.05, 0.1) is 0 Å². The number of rotatable bonds is 4. The van der Waals surface area contributed by atoms with Gasteiger partial charge in [0.2, 0.25) is 15.9 Å². The maximum absolute atomic E-state index is 12.7. The Morgan fingerprint density at radius 3 is 2.27 bits per heavy atom. The largest absolute Gasteiger partial charge is 0.357 e. The van der Waals surface area contributed by atoms with Crippen molar-refractivity contribution >= 4 is 21.7 Å². The number of carbonyl (C=O) groups excluding carboxylic acids is 1. The van der Waals surface area contributed by atoms with E-state index in [0.29, 0.717) is 13.1 Å². The van der Waals surface area contributed by atoms with Gasteiger partial charge in [-0.1, -0.05) is 6.42 Å². The quantitative estimate of drug-likeness (QED) is 0.793. The third-order valence-electron chi connectivity index (χ3n) is 5.28. The molecule has 1 aromatic rings. The lowest BCUT2D eigenvalue weighted by molar-refractivity contribution is -0.133. The molecule has 0 atom stereocenters. The molecule has 3 heterocycles. The van der Waals surface area contributed by atoms with Crippen molar-refractivity contribution in [3.8, 4) is 0 Å². The molecule has 1 amide bonds. The molecule has 0 spiro atoms. The first-order chi connectivity index (χ1) is 12.4. The van der Waals surface area contributed by atoms with Gasteiger partial charge in [-0.25, -0.2) is 13.4 Å². The number of carbonyl (C=O) groups is 1. The van der Waals surface area contributed by atoms with Gasteiger partial charge in [-0.2, -0.15) is 4.31 Å². The van der Waals surface area contributed by atoms with E-state index in [0.717, 1.165) is 51.0 Å². The van der Waals surface area contributed by atoms with Crippen LogP contribution in [0.5, 0.6) is 0 Å². The van der Waals surface area contributed by atoms with Crippen LogP contribution < -0.4 is 4.90 Å². The Morgan fingerprint density at radius 1 is 1.08 bits per heavy atom. The summed E-state index contributed by atoms with van der Waals surface area (Å²) in [6.07, 6.45) is 6.00. The van der Waals surface area contributed by atoms with Crippen LogP contribution in [0.15, 0.2) is 23.2 Å². The highest BCUT2D eigenvalue weighted by Gasteiger charge is 2.28. The number of piperidine rings is 2. The van der Waals surface area contributed by atoms with Crippen molar-refractivity contribution in [2.75, 3.05) is 45.2 Å². The predicted octanol–water partition coefficient (Wildman–Crippen LogP) is 1.56. The Hall–Kier alpha value is -1.67. The molecule has 0 unspecified atom stereocenters. The van der Waals surface area contributed by atoms with E-state index in [1.807, 2.05) is 0 Å². The number of anilines is 1. The molecule has 0 N–H and O–H groups in total. The van der Waals surface area contributed by atoms with Crippen LogP contribution >= 0.6 is 0 Å². The fourth-order valence-corrected chi connectivity index (χ4v) is 5.15. The fourth-order valence-electron chi connectivity index (χ4n) is 3.69. The summed E-state index contributed by atoms with van der Waals surface area (Å²) >= 11 is 0. The highest BCUT2D eigenvalue weighted by Crippen LogP contribution is 2.25. The van der Waals surface area contributed by atoms with Gasteiger partial charge < -0.3 is 9.80 Å². The van der Waals surface area contributed by atoms with Gasteiger partial charge in [0, 0.05) is 52.4 Å². The highest BCUT2D eigenvalue weighted by atomic mass is 32.2. The van der Waals surface area contributed by atoms with Crippen LogP contribution in [0.1, 0.15) is 32.1 Å². The first-order valence-corrected chi connectivity index (χ1v) is 10.8. The molecule has 2 aliphatic rings. The van der Waals surface area contributed by atoms with E-state index in [1.165, 1.54) is 6.20 Å². The van der Waals surface area contributed by atoms with Crippen molar-refractivity contribution in [1.82, 2.24) is 14.2 Å². The van der Waals surface area contributed by atoms with Crippen molar-refractivity contribution in [1.29, 1.82) is 0 Å². The third-order valence-corrected chi connectivity index (χ3v) is 7.16. The van der Waals surface area contributed by atoms with Crippen molar-refractivity contribution in [2.24, 2.45) is 5.92 Å². The molecule has 7 nitrogen and oxygen atoms in total. The molecule has 2 saturated heterocycles. The Kier molecular flexibility index (Phi) is 5.82. The van der Waals surface area contributed by atoms with Gasteiger partial charge in [0.15, 0.2) is 0 Å². The van der Waals surface area contributed by atoms with E-state index in [2.05, 4.69) is 9.88 Å². The lowest BCUT2D eigenvalue weighted by Gasteiger charge is -2.33. The summed E-state index contributed by atoms with van der Waals surface area (Å²) in [7, 11) is 0.142. The molecule has 0 bridgehead atoms. The van der Waals surface area contributed by atoms with Gasteiger partial charge in [-0.15, -0.1) is 0 Å².